The number of benzene rings is 2. The average molecular weight is 470 g/mol. The van der Waals surface area contributed by atoms with Gasteiger partial charge in [-0.3, -0.25) is 10.0 Å². The molecule has 1 amide bonds. The Bertz CT molecular complexity index is 1240. The molecule has 0 unspecified atom stereocenters. The number of hydroxylamine groups is 1. The molecule has 0 radical (unpaired) electrons. The van der Waals surface area contributed by atoms with E-state index >= 15 is 0 Å². The molecule has 2 aromatic carbocycles. The molecule has 2 N–H and O–H groups in total. The highest BCUT2D eigenvalue weighted by atomic mass is 32.2. The van der Waals surface area contributed by atoms with Gasteiger partial charge in [-0.25, -0.2) is 41.4 Å². The van der Waals surface area contributed by atoms with E-state index in [1.165, 1.54) is 48.5 Å². The first kappa shape index (κ1) is 23.2. The van der Waals surface area contributed by atoms with Gasteiger partial charge in [0, 0.05) is 42.7 Å². The van der Waals surface area contributed by atoms with Crippen molar-refractivity contribution < 1.29 is 36.0 Å². The quantitative estimate of drug-likeness (QED) is 0.180. The van der Waals surface area contributed by atoms with Crippen LogP contribution in [0.1, 0.15) is 21.5 Å². The summed E-state index contributed by atoms with van der Waals surface area (Å²) >= 11 is 0. The highest BCUT2D eigenvalue weighted by molar-refractivity contribution is 7.89. The van der Waals surface area contributed by atoms with Crippen LogP contribution in [0.3, 0.4) is 0 Å². The molecule has 13 heteroatoms. The molecule has 0 spiro atoms. The molecule has 168 valence electrons. The topological polar surface area (TPSA) is 112 Å². The van der Waals surface area contributed by atoms with Crippen molar-refractivity contribution in [2.45, 2.75) is 18.0 Å². The van der Waals surface area contributed by atoms with Crippen molar-refractivity contribution in [1.82, 2.24) is 19.8 Å². The molecule has 3 aromatic rings. The molecule has 0 bridgehead atoms. The summed E-state index contributed by atoms with van der Waals surface area (Å²) in [6, 6.07) is 5.35. The van der Waals surface area contributed by atoms with Crippen LogP contribution in [0.4, 0.5) is 17.6 Å². The van der Waals surface area contributed by atoms with Gasteiger partial charge in [0.15, 0.2) is 23.3 Å². The van der Waals surface area contributed by atoms with Gasteiger partial charge in [0.1, 0.15) is 11.2 Å². The number of halogens is 4. The van der Waals surface area contributed by atoms with Crippen LogP contribution < -0.4 is 5.48 Å². The Kier molecular flexibility index (Phi) is 6.81. The lowest BCUT2D eigenvalue weighted by Gasteiger charge is -2.23. The number of amides is 1. The standard InChI is InChI=1S/C19H14F4N4O4S/c20-14-5-15(17(22)18(23)16(14)21)32(30,31)27(9-12-6-24-10-25-7-12)8-11-1-3-13(4-2-11)19(28)26-29/h1-7,10,29H,8-9H2,(H,26,28). The van der Waals surface area contributed by atoms with Crippen molar-refractivity contribution in [1.29, 1.82) is 0 Å². The second-order valence-electron chi connectivity index (χ2n) is 6.46. The third-order valence-electron chi connectivity index (χ3n) is 4.34. The number of aromatic nitrogens is 2. The first-order valence-electron chi connectivity index (χ1n) is 8.75. The van der Waals surface area contributed by atoms with E-state index in [9.17, 15) is 30.8 Å². The molecule has 1 aromatic heterocycles. The number of carbonyl (C=O) groups is 1. The number of hydrogen-bond acceptors (Lipinski definition) is 6. The summed E-state index contributed by atoms with van der Waals surface area (Å²) in [5.74, 6) is -9.13. The third kappa shape index (κ3) is 4.74. The average Bonchev–Trinajstić information content (AvgIpc) is 2.80. The second-order valence-corrected chi connectivity index (χ2v) is 8.36. The van der Waals surface area contributed by atoms with E-state index in [1.807, 2.05) is 0 Å². The smallest absolute Gasteiger partial charge is 0.274 e. The van der Waals surface area contributed by atoms with E-state index in [0.29, 0.717) is 9.87 Å². The largest absolute Gasteiger partial charge is 0.288 e. The molecule has 0 aliphatic heterocycles. The minimum absolute atomic E-state index is 0.0618. The fourth-order valence-corrected chi connectivity index (χ4v) is 4.23. The van der Waals surface area contributed by atoms with Crippen molar-refractivity contribution in [3.05, 3.63) is 89.0 Å². The van der Waals surface area contributed by atoms with Crippen LogP contribution in [-0.2, 0) is 23.1 Å². The first-order chi connectivity index (χ1) is 15.1. The summed E-state index contributed by atoms with van der Waals surface area (Å²) in [6.45, 7) is -0.833. The third-order valence-corrected chi connectivity index (χ3v) is 6.13. The zero-order valence-corrected chi connectivity index (χ0v) is 16.8. The van der Waals surface area contributed by atoms with Crippen LogP contribution in [0.2, 0.25) is 0 Å². The van der Waals surface area contributed by atoms with Crippen molar-refractivity contribution in [3.8, 4) is 0 Å². The molecular weight excluding hydrogens is 456 g/mol. The Morgan fingerprint density at radius 3 is 2.12 bits per heavy atom. The summed E-state index contributed by atoms with van der Waals surface area (Å²) in [6.07, 6.45) is 3.76. The molecule has 1 heterocycles. The van der Waals surface area contributed by atoms with Crippen molar-refractivity contribution in [2.75, 3.05) is 0 Å². The second kappa shape index (κ2) is 9.38. The van der Waals surface area contributed by atoms with E-state index in [4.69, 9.17) is 5.21 Å². The van der Waals surface area contributed by atoms with Crippen LogP contribution in [0.25, 0.3) is 0 Å². The van der Waals surface area contributed by atoms with Crippen LogP contribution in [-0.4, -0.2) is 33.8 Å². The zero-order valence-electron chi connectivity index (χ0n) is 16.0. The maximum Gasteiger partial charge on any atom is 0.274 e. The number of nitrogens with zero attached hydrogens (tertiary/aromatic N) is 3. The number of carbonyl (C=O) groups excluding carboxylic acids is 1. The van der Waals surface area contributed by atoms with Gasteiger partial charge >= 0.3 is 0 Å². The first-order valence-corrected chi connectivity index (χ1v) is 10.2. The normalized spacial score (nSPS) is 11.6. The summed E-state index contributed by atoms with van der Waals surface area (Å²) < 4.78 is 81.8. The Morgan fingerprint density at radius 2 is 1.53 bits per heavy atom. The Balaban J connectivity index is 2.04. The lowest BCUT2D eigenvalue weighted by molar-refractivity contribution is 0.0706. The Hall–Kier alpha value is -3.42. The van der Waals surface area contributed by atoms with Crippen molar-refractivity contribution in [2.24, 2.45) is 0 Å². The van der Waals surface area contributed by atoms with Gasteiger partial charge in [-0.2, -0.15) is 4.31 Å². The van der Waals surface area contributed by atoms with E-state index < -0.39 is 57.2 Å². The number of sulfonamides is 1. The molecule has 3 rings (SSSR count). The van der Waals surface area contributed by atoms with Gasteiger partial charge in [-0.05, 0) is 17.7 Å². The van der Waals surface area contributed by atoms with E-state index in [1.54, 1.807) is 0 Å². The fourth-order valence-electron chi connectivity index (χ4n) is 2.75. The molecule has 0 aliphatic rings. The van der Waals surface area contributed by atoms with E-state index in [0.717, 1.165) is 0 Å². The SMILES string of the molecule is O=C(NO)c1ccc(CN(Cc2cncnc2)S(=O)(=O)c2cc(F)c(F)c(F)c2F)cc1. The van der Waals surface area contributed by atoms with Crippen molar-refractivity contribution in [3.63, 3.8) is 0 Å². The van der Waals surface area contributed by atoms with Gasteiger partial charge < -0.3 is 0 Å². The van der Waals surface area contributed by atoms with Gasteiger partial charge in [0.25, 0.3) is 5.91 Å². The predicted molar refractivity (Wildman–Crippen MR) is 100 cm³/mol. The van der Waals surface area contributed by atoms with Crippen LogP contribution in [0.15, 0.2) is 53.9 Å². The van der Waals surface area contributed by atoms with Gasteiger partial charge in [0.2, 0.25) is 10.0 Å². The maximum absolute atomic E-state index is 14.3. The van der Waals surface area contributed by atoms with Crippen LogP contribution in [0.5, 0.6) is 0 Å². The number of hydrogen-bond donors (Lipinski definition) is 2. The minimum Gasteiger partial charge on any atom is -0.288 e. The maximum atomic E-state index is 14.3. The van der Waals surface area contributed by atoms with Crippen LogP contribution in [0, 0.1) is 23.3 Å². The molecule has 32 heavy (non-hydrogen) atoms. The molecule has 8 nitrogen and oxygen atoms in total. The molecular formula is C19H14F4N4O4S. The molecule has 0 saturated heterocycles. The summed E-state index contributed by atoms with van der Waals surface area (Å²) in [7, 11) is -4.88. The molecule has 0 atom stereocenters. The highest BCUT2D eigenvalue weighted by Crippen LogP contribution is 2.27. The van der Waals surface area contributed by atoms with Crippen LogP contribution >= 0.6 is 0 Å². The summed E-state index contributed by atoms with van der Waals surface area (Å²) in [5.41, 5.74) is 2.09. The Labute approximate surface area is 179 Å². The molecule has 0 saturated carbocycles. The summed E-state index contributed by atoms with van der Waals surface area (Å²) in [5, 5.41) is 8.67. The fraction of sp³-hybridized carbons (Fsp3) is 0.105. The monoisotopic (exact) mass is 470 g/mol. The number of rotatable bonds is 7. The van der Waals surface area contributed by atoms with Gasteiger partial charge in [-0.1, -0.05) is 12.1 Å². The highest BCUT2D eigenvalue weighted by Gasteiger charge is 2.32. The van der Waals surface area contributed by atoms with E-state index in [2.05, 4.69) is 9.97 Å². The number of nitrogens with one attached hydrogen (secondary N) is 1. The lowest BCUT2D eigenvalue weighted by atomic mass is 10.1. The zero-order chi connectivity index (χ0) is 23.5. The molecule has 0 fully saturated rings. The summed E-state index contributed by atoms with van der Waals surface area (Å²) in [4.78, 5) is 17.6. The van der Waals surface area contributed by atoms with Crippen molar-refractivity contribution >= 4 is 15.9 Å². The van der Waals surface area contributed by atoms with E-state index in [-0.39, 0.29) is 17.2 Å². The minimum atomic E-state index is -4.88. The Morgan fingerprint density at radius 1 is 0.938 bits per heavy atom. The molecule has 0 aliphatic carbocycles. The van der Waals surface area contributed by atoms with Gasteiger partial charge in [0.05, 0.1) is 0 Å². The lowest BCUT2D eigenvalue weighted by Crippen LogP contribution is -2.31. The van der Waals surface area contributed by atoms with Gasteiger partial charge in [-0.15, -0.1) is 0 Å². The predicted octanol–water partition coefficient (Wildman–Crippen LogP) is 2.54.